The highest BCUT2D eigenvalue weighted by molar-refractivity contribution is 5.78. The van der Waals surface area contributed by atoms with E-state index >= 15 is 0 Å². The first-order chi connectivity index (χ1) is 5.74. The SMILES string of the molecule is COC1=NC=C(C(C)C)C=CC1. The third kappa shape index (κ3) is 2.22. The van der Waals surface area contributed by atoms with Crippen molar-refractivity contribution >= 4 is 5.90 Å². The van der Waals surface area contributed by atoms with Gasteiger partial charge in [-0.2, -0.15) is 0 Å². The second-order valence-electron chi connectivity index (χ2n) is 3.12. The van der Waals surface area contributed by atoms with Crippen molar-refractivity contribution in [2.45, 2.75) is 20.3 Å². The Hall–Kier alpha value is -1.05. The van der Waals surface area contributed by atoms with Crippen molar-refractivity contribution in [2.75, 3.05) is 7.11 Å². The molecule has 0 fully saturated rings. The van der Waals surface area contributed by atoms with Gasteiger partial charge in [0.25, 0.3) is 0 Å². The molecule has 0 aromatic rings. The van der Waals surface area contributed by atoms with Crippen molar-refractivity contribution in [1.82, 2.24) is 0 Å². The van der Waals surface area contributed by atoms with Crippen molar-refractivity contribution < 1.29 is 4.74 Å². The van der Waals surface area contributed by atoms with Crippen LogP contribution >= 0.6 is 0 Å². The van der Waals surface area contributed by atoms with E-state index < -0.39 is 0 Å². The van der Waals surface area contributed by atoms with Crippen molar-refractivity contribution in [2.24, 2.45) is 10.9 Å². The molecule has 0 radical (unpaired) electrons. The minimum atomic E-state index is 0.529. The first kappa shape index (κ1) is 9.04. The average Bonchev–Trinajstić information content (AvgIpc) is 2.28. The Bertz CT molecular complexity index is 236. The molecule has 0 unspecified atom stereocenters. The van der Waals surface area contributed by atoms with Gasteiger partial charge in [0.05, 0.1) is 7.11 Å². The number of hydrogen-bond acceptors (Lipinski definition) is 2. The first-order valence-corrected chi connectivity index (χ1v) is 4.21. The third-order valence-corrected chi connectivity index (χ3v) is 1.86. The zero-order valence-electron chi connectivity index (χ0n) is 7.87. The van der Waals surface area contributed by atoms with Gasteiger partial charge >= 0.3 is 0 Å². The third-order valence-electron chi connectivity index (χ3n) is 1.86. The minimum Gasteiger partial charge on any atom is -0.484 e. The number of allylic oxidation sites excluding steroid dienone is 2. The van der Waals surface area contributed by atoms with E-state index in [2.05, 4.69) is 31.0 Å². The smallest absolute Gasteiger partial charge is 0.191 e. The molecule has 0 bridgehead atoms. The molecular formula is C10H15NO. The standard InChI is InChI=1S/C10H15NO/c1-8(2)9-5-4-6-10(12-3)11-7-9/h4-5,7-8H,6H2,1-3H3. The van der Waals surface area contributed by atoms with Gasteiger partial charge in [0.2, 0.25) is 0 Å². The Balaban J connectivity index is 2.78. The lowest BCUT2D eigenvalue weighted by atomic mass is 10.0. The largest absolute Gasteiger partial charge is 0.484 e. The van der Waals surface area contributed by atoms with E-state index in [4.69, 9.17) is 4.74 Å². The van der Waals surface area contributed by atoms with Crippen molar-refractivity contribution in [3.63, 3.8) is 0 Å². The van der Waals surface area contributed by atoms with E-state index in [1.807, 2.05) is 6.20 Å². The van der Waals surface area contributed by atoms with E-state index in [1.165, 1.54) is 5.57 Å². The number of rotatable bonds is 1. The topological polar surface area (TPSA) is 21.6 Å². The lowest BCUT2D eigenvalue weighted by molar-refractivity contribution is 0.395. The van der Waals surface area contributed by atoms with Crippen molar-refractivity contribution in [3.05, 3.63) is 23.9 Å². The van der Waals surface area contributed by atoms with Crippen molar-refractivity contribution in [3.8, 4) is 0 Å². The molecule has 2 heteroatoms. The van der Waals surface area contributed by atoms with Crippen LogP contribution in [0.4, 0.5) is 0 Å². The van der Waals surface area contributed by atoms with Gasteiger partial charge in [-0.15, -0.1) is 0 Å². The van der Waals surface area contributed by atoms with Crippen LogP contribution in [-0.4, -0.2) is 13.0 Å². The van der Waals surface area contributed by atoms with Crippen LogP contribution < -0.4 is 0 Å². The molecule has 0 aromatic heterocycles. The second kappa shape index (κ2) is 4.10. The van der Waals surface area contributed by atoms with Gasteiger partial charge in [0.15, 0.2) is 5.90 Å². The van der Waals surface area contributed by atoms with Crippen LogP contribution in [0.5, 0.6) is 0 Å². The summed E-state index contributed by atoms with van der Waals surface area (Å²) in [5.74, 6) is 1.31. The Morgan fingerprint density at radius 2 is 2.25 bits per heavy atom. The van der Waals surface area contributed by atoms with Crippen LogP contribution in [-0.2, 0) is 4.74 Å². The normalized spacial score (nSPS) is 17.0. The van der Waals surface area contributed by atoms with E-state index in [0.717, 1.165) is 12.3 Å². The predicted molar refractivity (Wildman–Crippen MR) is 51.1 cm³/mol. The Labute approximate surface area is 73.6 Å². The number of ether oxygens (including phenoxy) is 1. The monoisotopic (exact) mass is 165 g/mol. The highest BCUT2D eigenvalue weighted by Crippen LogP contribution is 2.14. The summed E-state index contributed by atoms with van der Waals surface area (Å²) >= 11 is 0. The van der Waals surface area contributed by atoms with Crippen LogP contribution in [0, 0.1) is 5.92 Å². The Kier molecular flexibility index (Phi) is 3.09. The van der Waals surface area contributed by atoms with Crippen LogP contribution in [0.2, 0.25) is 0 Å². The molecule has 1 aliphatic rings. The summed E-state index contributed by atoms with van der Waals surface area (Å²) in [6.07, 6.45) is 6.87. The first-order valence-electron chi connectivity index (χ1n) is 4.21. The molecule has 0 aliphatic carbocycles. The summed E-state index contributed by atoms with van der Waals surface area (Å²) in [6.45, 7) is 4.31. The molecule has 1 heterocycles. The Morgan fingerprint density at radius 3 is 2.83 bits per heavy atom. The lowest BCUT2D eigenvalue weighted by Gasteiger charge is -2.02. The predicted octanol–water partition coefficient (Wildman–Crippen LogP) is 2.53. The fourth-order valence-corrected chi connectivity index (χ4v) is 1.02. The molecule has 0 saturated heterocycles. The maximum absolute atomic E-state index is 5.05. The van der Waals surface area contributed by atoms with E-state index in [1.54, 1.807) is 7.11 Å². The molecule has 12 heavy (non-hydrogen) atoms. The van der Waals surface area contributed by atoms with Crippen LogP contribution in [0.15, 0.2) is 28.9 Å². The van der Waals surface area contributed by atoms with Crippen LogP contribution in [0.1, 0.15) is 20.3 Å². The average molecular weight is 165 g/mol. The quantitative estimate of drug-likeness (QED) is 0.585. The molecule has 0 atom stereocenters. The summed E-state index contributed by atoms with van der Waals surface area (Å²) in [6, 6.07) is 0. The summed E-state index contributed by atoms with van der Waals surface area (Å²) in [5.41, 5.74) is 1.25. The minimum absolute atomic E-state index is 0.529. The number of methoxy groups -OCH3 is 1. The molecule has 1 aliphatic heterocycles. The number of aliphatic imine (C=N–C) groups is 1. The number of hydrogen-bond donors (Lipinski definition) is 0. The van der Waals surface area contributed by atoms with Gasteiger partial charge in [-0.05, 0) is 11.5 Å². The molecule has 0 amide bonds. The lowest BCUT2D eigenvalue weighted by Crippen LogP contribution is -1.96. The molecule has 66 valence electrons. The van der Waals surface area contributed by atoms with Gasteiger partial charge in [-0.3, -0.25) is 0 Å². The number of nitrogens with zero attached hydrogens (tertiary/aromatic N) is 1. The maximum atomic E-state index is 5.05. The fourth-order valence-electron chi connectivity index (χ4n) is 1.02. The van der Waals surface area contributed by atoms with Gasteiger partial charge in [0, 0.05) is 12.6 Å². The molecule has 0 spiro atoms. The molecule has 1 rings (SSSR count). The Morgan fingerprint density at radius 1 is 1.50 bits per heavy atom. The highest BCUT2D eigenvalue weighted by Gasteiger charge is 2.02. The summed E-state index contributed by atoms with van der Waals surface area (Å²) in [7, 11) is 1.65. The zero-order chi connectivity index (χ0) is 8.97. The molecule has 2 nitrogen and oxygen atoms in total. The fraction of sp³-hybridized carbons (Fsp3) is 0.500. The second-order valence-corrected chi connectivity index (χ2v) is 3.12. The van der Waals surface area contributed by atoms with Crippen LogP contribution in [0.25, 0.3) is 0 Å². The van der Waals surface area contributed by atoms with Gasteiger partial charge < -0.3 is 4.74 Å². The van der Waals surface area contributed by atoms with Gasteiger partial charge in [0.1, 0.15) is 0 Å². The highest BCUT2D eigenvalue weighted by atomic mass is 16.5. The summed E-state index contributed by atoms with van der Waals surface area (Å²) < 4.78 is 5.05. The van der Waals surface area contributed by atoms with Crippen molar-refractivity contribution in [1.29, 1.82) is 0 Å². The molecule has 0 aromatic carbocycles. The summed E-state index contributed by atoms with van der Waals surface area (Å²) in [4.78, 5) is 4.21. The van der Waals surface area contributed by atoms with Gasteiger partial charge in [-0.25, -0.2) is 4.99 Å². The van der Waals surface area contributed by atoms with Gasteiger partial charge in [-0.1, -0.05) is 26.0 Å². The molecular weight excluding hydrogens is 150 g/mol. The zero-order valence-corrected chi connectivity index (χ0v) is 7.87. The van der Waals surface area contributed by atoms with Crippen LogP contribution in [0.3, 0.4) is 0 Å². The maximum Gasteiger partial charge on any atom is 0.191 e. The van der Waals surface area contributed by atoms with E-state index in [0.29, 0.717) is 5.92 Å². The molecule has 0 N–H and O–H groups in total. The van der Waals surface area contributed by atoms with E-state index in [9.17, 15) is 0 Å². The van der Waals surface area contributed by atoms with E-state index in [-0.39, 0.29) is 0 Å². The summed E-state index contributed by atoms with van der Waals surface area (Å²) in [5, 5.41) is 0. The molecule has 0 saturated carbocycles.